The van der Waals surface area contributed by atoms with Crippen LogP contribution in [0.25, 0.3) is 0 Å². The van der Waals surface area contributed by atoms with Gasteiger partial charge in [0, 0.05) is 31.6 Å². The van der Waals surface area contributed by atoms with Gasteiger partial charge in [-0.1, -0.05) is 17.7 Å². The fourth-order valence-electron chi connectivity index (χ4n) is 4.48. The Hall–Kier alpha value is -1.55. The smallest absolute Gasteiger partial charge is 0.260 e. The van der Waals surface area contributed by atoms with Crippen LogP contribution in [0.4, 0.5) is 0 Å². The van der Waals surface area contributed by atoms with E-state index in [1.54, 1.807) is 0 Å². The Bertz CT molecular complexity index is 611. The highest BCUT2D eigenvalue weighted by molar-refractivity contribution is 5.78. The number of hydrogen-bond acceptors (Lipinski definition) is 3. The van der Waals surface area contributed by atoms with Gasteiger partial charge in [0.1, 0.15) is 5.75 Å². The van der Waals surface area contributed by atoms with Crippen molar-refractivity contribution in [2.24, 2.45) is 11.3 Å². The minimum atomic E-state index is 0.136. The Balaban J connectivity index is 1.28. The van der Waals surface area contributed by atoms with Crippen LogP contribution < -0.4 is 4.74 Å². The Kier molecular flexibility index (Phi) is 4.72. The predicted octanol–water partition coefficient (Wildman–Crippen LogP) is 3.10. The third-order valence-electron chi connectivity index (χ3n) is 6.13. The van der Waals surface area contributed by atoms with Crippen LogP contribution in [0.5, 0.6) is 5.75 Å². The molecule has 2 saturated heterocycles. The van der Waals surface area contributed by atoms with Crippen molar-refractivity contribution >= 4 is 5.91 Å². The Labute approximate surface area is 151 Å². The zero-order valence-corrected chi connectivity index (χ0v) is 15.4. The summed E-state index contributed by atoms with van der Waals surface area (Å²) in [6, 6.07) is 7.90. The van der Waals surface area contributed by atoms with Gasteiger partial charge in [-0.15, -0.1) is 0 Å². The number of carbonyl (C=O) groups excluding carboxylic acids is 1. The zero-order valence-electron chi connectivity index (χ0n) is 15.4. The molecule has 0 bridgehead atoms. The number of ether oxygens (including phenoxy) is 1. The molecule has 0 radical (unpaired) electrons. The lowest BCUT2D eigenvalue weighted by Gasteiger charge is -2.40. The van der Waals surface area contributed by atoms with Gasteiger partial charge < -0.3 is 14.5 Å². The van der Waals surface area contributed by atoms with Crippen LogP contribution in [0.15, 0.2) is 24.3 Å². The van der Waals surface area contributed by atoms with Crippen LogP contribution in [-0.4, -0.2) is 55.0 Å². The second-order valence-corrected chi connectivity index (χ2v) is 8.45. The molecule has 1 spiro atoms. The van der Waals surface area contributed by atoms with E-state index in [4.69, 9.17) is 4.74 Å². The van der Waals surface area contributed by atoms with E-state index in [2.05, 4.69) is 11.8 Å². The third-order valence-corrected chi connectivity index (χ3v) is 6.13. The maximum absolute atomic E-state index is 12.6. The maximum Gasteiger partial charge on any atom is 0.260 e. The largest absolute Gasteiger partial charge is 0.484 e. The topological polar surface area (TPSA) is 32.8 Å². The van der Waals surface area contributed by atoms with Crippen LogP contribution in [0.2, 0.25) is 0 Å². The van der Waals surface area contributed by atoms with E-state index < -0.39 is 0 Å². The van der Waals surface area contributed by atoms with Crippen molar-refractivity contribution in [2.75, 3.05) is 39.3 Å². The molecule has 4 rings (SSSR count). The van der Waals surface area contributed by atoms with Gasteiger partial charge in [0.15, 0.2) is 6.61 Å². The van der Waals surface area contributed by atoms with Crippen molar-refractivity contribution in [3.05, 3.63) is 29.8 Å². The van der Waals surface area contributed by atoms with Crippen LogP contribution in [0.3, 0.4) is 0 Å². The number of amides is 1. The van der Waals surface area contributed by atoms with Crippen LogP contribution in [-0.2, 0) is 4.79 Å². The van der Waals surface area contributed by atoms with Crippen LogP contribution in [0.1, 0.15) is 37.7 Å². The average Bonchev–Trinajstić information content (AvgIpc) is 3.33. The van der Waals surface area contributed by atoms with E-state index in [1.165, 1.54) is 50.9 Å². The molecule has 4 heteroatoms. The highest BCUT2D eigenvalue weighted by atomic mass is 16.5. The molecule has 1 amide bonds. The zero-order chi connectivity index (χ0) is 17.3. The first-order chi connectivity index (χ1) is 12.1. The molecule has 4 nitrogen and oxygen atoms in total. The van der Waals surface area contributed by atoms with Crippen molar-refractivity contribution < 1.29 is 9.53 Å². The van der Waals surface area contributed by atoms with Crippen LogP contribution in [0, 0.1) is 18.3 Å². The molecule has 1 saturated carbocycles. The summed E-state index contributed by atoms with van der Waals surface area (Å²) in [5, 5.41) is 0. The second-order valence-electron chi connectivity index (χ2n) is 8.45. The SMILES string of the molecule is Cc1ccc(OCC(=O)N2CCC3(CCCN(CC4CC4)C3)C2)cc1. The molecule has 25 heavy (non-hydrogen) atoms. The lowest BCUT2D eigenvalue weighted by Crippen LogP contribution is -2.46. The minimum absolute atomic E-state index is 0.136. The van der Waals surface area contributed by atoms with Gasteiger partial charge >= 0.3 is 0 Å². The average molecular weight is 342 g/mol. The molecular formula is C21H30N2O2. The predicted molar refractivity (Wildman–Crippen MR) is 98.7 cm³/mol. The summed E-state index contributed by atoms with van der Waals surface area (Å²) in [6.45, 7) is 7.75. The Morgan fingerprint density at radius 1 is 1.16 bits per heavy atom. The molecule has 0 aromatic heterocycles. The molecule has 3 aliphatic rings. The molecular weight excluding hydrogens is 312 g/mol. The number of benzene rings is 1. The first-order valence-electron chi connectivity index (χ1n) is 9.82. The first-order valence-corrected chi connectivity index (χ1v) is 9.82. The molecule has 0 N–H and O–H groups in total. The normalized spacial score (nSPS) is 27.0. The molecule has 1 aromatic rings. The standard InChI is InChI=1S/C21H30N2O2/c1-17-3-7-19(8-4-17)25-14-20(24)23-12-10-21(16-23)9-2-11-22(15-21)13-18-5-6-18/h3-4,7-8,18H,2,5-6,9-16H2,1H3. The van der Waals surface area contributed by atoms with E-state index in [9.17, 15) is 4.79 Å². The number of aryl methyl sites for hydroxylation is 1. The van der Waals surface area contributed by atoms with Crippen molar-refractivity contribution in [2.45, 2.75) is 39.0 Å². The maximum atomic E-state index is 12.6. The number of likely N-dealkylation sites (tertiary alicyclic amines) is 2. The number of rotatable bonds is 5. The van der Waals surface area contributed by atoms with Gasteiger partial charge in [-0.2, -0.15) is 0 Å². The number of hydrogen-bond donors (Lipinski definition) is 0. The van der Waals surface area contributed by atoms with E-state index in [0.29, 0.717) is 5.41 Å². The van der Waals surface area contributed by atoms with Gasteiger partial charge in [-0.25, -0.2) is 0 Å². The number of carbonyl (C=O) groups is 1. The molecule has 3 fully saturated rings. The third kappa shape index (κ3) is 4.17. The molecule has 2 aliphatic heterocycles. The Morgan fingerprint density at radius 2 is 1.96 bits per heavy atom. The highest BCUT2D eigenvalue weighted by Gasteiger charge is 2.43. The lowest BCUT2D eigenvalue weighted by molar-refractivity contribution is -0.132. The fraction of sp³-hybridized carbons (Fsp3) is 0.667. The molecule has 1 aromatic carbocycles. The van der Waals surface area contributed by atoms with E-state index in [1.807, 2.05) is 29.2 Å². The summed E-state index contributed by atoms with van der Waals surface area (Å²) in [4.78, 5) is 17.3. The van der Waals surface area contributed by atoms with E-state index in [0.717, 1.165) is 31.2 Å². The van der Waals surface area contributed by atoms with Crippen molar-refractivity contribution in [3.8, 4) is 5.75 Å². The summed E-state index contributed by atoms with van der Waals surface area (Å²) in [7, 11) is 0. The number of nitrogens with zero attached hydrogens (tertiary/aromatic N) is 2. The molecule has 1 atom stereocenters. The van der Waals surface area contributed by atoms with Crippen molar-refractivity contribution in [1.29, 1.82) is 0 Å². The quantitative estimate of drug-likeness (QED) is 0.824. The summed E-state index contributed by atoms with van der Waals surface area (Å²) in [5.41, 5.74) is 1.54. The Morgan fingerprint density at radius 3 is 2.72 bits per heavy atom. The van der Waals surface area contributed by atoms with Gasteiger partial charge in [-0.3, -0.25) is 4.79 Å². The highest BCUT2D eigenvalue weighted by Crippen LogP contribution is 2.40. The minimum Gasteiger partial charge on any atom is -0.484 e. The summed E-state index contributed by atoms with van der Waals surface area (Å²) < 4.78 is 5.69. The number of piperidine rings is 1. The van der Waals surface area contributed by atoms with Gasteiger partial charge in [0.2, 0.25) is 0 Å². The van der Waals surface area contributed by atoms with Crippen molar-refractivity contribution in [3.63, 3.8) is 0 Å². The van der Waals surface area contributed by atoms with E-state index >= 15 is 0 Å². The summed E-state index contributed by atoms with van der Waals surface area (Å²) in [6.07, 6.45) is 6.56. The van der Waals surface area contributed by atoms with E-state index in [-0.39, 0.29) is 12.5 Å². The van der Waals surface area contributed by atoms with Crippen molar-refractivity contribution in [1.82, 2.24) is 9.80 Å². The molecule has 2 heterocycles. The second kappa shape index (κ2) is 6.99. The summed E-state index contributed by atoms with van der Waals surface area (Å²) >= 11 is 0. The monoisotopic (exact) mass is 342 g/mol. The fourth-order valence-corrected chi connectivity index (χ4v) is 4.48. The van der Waals surface area contributed by atoms with Gasteiger partial charge in [0.25, 0.3) is 5.91 Å². The van der Waals surface area contributed by atoms with Gasteiger partial charge in [-0.05, 0) is 63.6 Å². The molecule has 136 valence electrons. The van der Waals surface area contributed by atoms with Gasteiger partial charge in [0.05, 0.1) is 0 Å². The summed E-state index contributed by atoms with van der Waals surface area (Å²) in [5.74, 6) is 1.87. The molecule has 1 aliphatic carbocycles. The first kappa shape index (κ1) is 16.9. The lowest BCUT2D eigenvalue weighted by atomic mass is 9.79. The van der Waals surface area contributed by atoms with Crippen LogP contribution >= 0.6 is 0 Å². The molecule has 1 unspecified atom stereocenters.